The van der Waals surface area contributed by atoms with Crippen molar-refractivity contribution in [2.75, 3.05) is 5.32 Å². The second-order valence-corrected chi connectivity index (χ2v) is 6.03. The monoisotopic (exact) mass is 312 g/mol. The van der Waals surface area contributed by atoms with E-state index in [-0.39, 0.29) is 5.91 Å². The fourth-order valence-electron chi connectivity index (χ4n) is 2.04. The van der Waals surface area contributed by atoms with Crippen molar-refractivity contribution < 1.29 is 4.79 Å². The maximum atomic E-state index is 11.9. The number of carbonyl (C=O) groups excluding carboxylic acids is 1. The summed E-state index contributed by atoms with van der Waals surface area (Å²) >= 11 is 1.66. The number of amides is 1. The van der Waals surface area contributed by atoms with E-state index in [0.29, 0.717) is 18.2 Å². The van der Waals surface area contributed by atoms with Gasteiger partial charge in [-0.05, 0) is 24.8 Å². The molecule has 0 bridgehead atoms. The van der Waals surface area contributed by atoms with Crippen LogP contribution in [0, 0.1) is 6.92 Å². The van der Waals surface area contributed by atoms with Gasteiger partial charge in [-0.3, -0.25) is 15.2 Å². The molecule has 0 saturated heterocycles. The Morgan fingerprint density at radius 2 is 2.09 bits per heavy atom. The van der Waals surface area contributed by atoms with Crippen LogP contribution < -0.4 is 5.32 Å². The molecule has 1 aromatic carbocycles. The van der Waals surface area contributed by atoms with E-state index >= 15 is 0 Å². The number of carbonyl (C=O) groups is 1. The van der Waals surface area contributed by atoms with Gasteiger partial charge in [0.1, 0.15) is 0 Å². The quantitative estimate of drug-likeness (QED) is 0.758. The Morgan fingerprint density at radius 1 is 1.27 bits per heavy atom. The molecule has 0 aliphatic carbocycles. The predicted octanol–water partition coefficient (Wildman–Crippen LogP) is 3.41. The molecular weight excluding hydrogens is 296 g/mol. The lowest BCUT2D eigenvalue weighted by Gasteiger charge is -1.99. The number of benzene rings is 1. The third kappa shape index (κ3) is 3.59. The van der Waals surface area contributed by atoms with Crippen LogP contribution in [0.1, 0.15) is 16.9 Å². The van der Waals surface area contributed by atoms with E-state index in [9.17, 15) is 4.79 Å². The number of rotatable bonds is 5. The van der Waals surface area contributed by atoms with Crippen LogP contribution in [0.5, 0.6) is 0 Å². The van der Waals surface area contributed by atoms with Crippen LogP contribution in [0.25, 0.3) is 11.4 Å². The number of hydrogen-bond donors (Lipinski definition) is 2. The van der Waals surface area contributed by atoms with E-state index < -0.39 is 0 Å². The molecule has 2 heterocycles. The standard InChI is InChI=1S/C16H16N4OS/c1-11-4-6-12(7-5-11)15-18-16(20-19-15)17-14(21)9-8-13-3-2-10-22-13/h2-7,10H,8-9H2,1H3,(H2,17,18,19,20,21). The summed E-state index contributed by atoms with van der Waals surface area (Å²) in [6.07, 6.45) is 1.16. The molecule has 0 saturated carbocycles. The summed E-state index contributed by atoms with van der Waals surface area (Å²) in [4.78, 5) is 17.4. The number of thiophene rings is 1. The number of nitrogens with zero attached hydrogens (tertiary/aromatic N) is 2. The maximum absolute atomic E-state index is 11.9. The van der Waals surface area contributed by atoms with Crippen molar-refractivity contribution in [3.8, 4) is 11.4 Å². The molecule has 3 aromatic rings. The topological polar surface area (TPSA) is 70.7 Å². The van der Waals surface area contributed by atoms with Gasteiger partial charge in [0.25, 0.3) is 0 Å². The van der Waals surface area contributed by atoms with E-state index in [1.807, 2.05) is 48.7 Å². The maximum Gasteiger partial charge on any atom is 0.249 e. The van der Waals surface area contributed by atoms with Crippen molar-refractivity contribution in [3.05, 3.63) is 52.2 Å². The van der Waals surface area contributed by atoms with Crippen LogP contribution in [0.2, 0.25) is 0 Å². The number of hydrogen-bond acceptors (Lipinski definition) is 4. The molecule has 5 nitrogen and oxygen atoms in total. The molecule has 22 heavy (non-hydrogen) atoms. The average molecular weight is 312 g/mol. The van der Waals surface area contributed by atoms with E-state index in [0.717, 1.165) is 12.0 Å². The van der Waals surface area contributed by atoms with Gasteiger partial charge in [0.2, 0.25) is 11.9 Å². The fourth-order valence-corrected chi connectivity index (χ4v) is 2.75. The van der Waals surface area contributed by atoms with Crippen molar-refractivity contribution in [3.63, 3.8) is 0 Å². The smallest absolute Gasteiger partial charge is 0.249 e. The Morgan fingerprint density at radius 3 is 2.82 bits per heavy atom. The Hall–Kier alpha value is -2.47. The minimum Gasteiger partial charge on any atom is -0.293 e. The lowest BCUT2D eigenvalue weighted by molar-refractivity contribution is -0.116. The van der Waals surface area contributed by atoms with Crippen molar-refractivity contribution in [1.82, 2.24) is 15.2 Å². The Kier molecular flexibility index (Phi) is 4.29. The molecular formula is C16H16N4OS. The van der Waals surface area contributed by atoms with E-state index in [4.69, 9.17) is 0 Å². The lowest BCUT2D eigenvalue weighted by Crippen LogP contribution is -2.13. The summed E-state index contributed by atoms with van der Waals surface area (Å²) in [6.45, 7) is 2.03. The minimum absolute atomic E-state index is 0.0807. The molecule has 6 heteroatoms. The zero-order valence-electron chi connectivity index (χ0n) is 12.2. The third-order valence-electron chi connectivity index (χ3n) is 3.24. The third-order valence-corrected chi connectivity index (χ3v) is 4.18. The summed E-state index contributed by atoms with van der Waals surface area (Å²) in [6, 6.07) is 12.0. The van der Waals surface area contributed by atoms with Crippen LogP contribution in [0.4, 0.5) is 5.95 Å². The highest BCUT2D eigenvalue weighted by molar-refractivity contribution is 7.09. The fraction of sp³-hybridized carbons (Fsp3) is 0.188. The Labute approximate surface area is 132 Å². The highest BCUT2D eigenvalue weighted by Gasteiger charge is 2.09. The highest BCUT2D eigenvalue weighted by atomic mass is 32.1. The van der Waals surface area contributed by atoms with Crippen LogP contribution >= 0.6 is 11.3 Å². The predicted molar refractivity (Wildman–Crippen MR) is 87.8 cm³/mol. The van der Waals surface area contributed by atoms with Crippen molar-refractivity contribution in [2.24, 2.45) is 0 Å². The summed E-state index contributed by atoms with van der Waals surface area (Å²) in [7, 11) is 0. The number of nitrogens with one attached hydrogen (secondary N) is 2. The highest BCUT2D eigenvalue weighted by Crippen LogP contribution is 2.17. The zero-order valence-corrected chi connectivity index (χ0v) is 13.0. The first-order valence-corrected chi connectivity index (χ1v) is 7.90. The zero-order chi connectivity index (χ0) is 15.4. The van der Waals surface area contributed by atoms with Gasteiger partial charge in [0.15, 0.2) is 5.82 Å². The summed E-state index contributed by atoms with van der Waals surface area (Å²) < 4.78 is 0. The van der Waals surface area contributed by atoms with Gasteiger partial charge in [0, 0.05) is 16.9 Å². The van der Waals surface area contributed by atoms with Gasteiger partial charge >= 0.3 is 0 Å². The number of H-pyrrole nitrogens is 1. The van der Waals surface area contributed by atoms with Gasteiger partial charge < -0.3 is 0 Å². The van der Waals surface area contributed by atoms with Crippen LogP contribution in [-0.4, -0.2) is 21.1 Å². The average Bonchev–Trinajstić information content (AvgIpc) is 3.17. The molecule has 1 amide bonds. The van der Waals surface area contributed by atoms with Gasteiger partial charge in [-0.25, -0.2) is 0 Å². The minimum atomic E-state index is -0.0807. The van der Waals surface area contributed by atoms with Gasteiger partial charge in [-0.15, -0.1) is 16.4 Å². The summed E-state index contributed by atoms with van der Waals surface area (Å²) in [5, 5.41) is 11.6. The molecule has 0 fully saturated rings. The van der Waals surface area contributed by atoms with Gasteiger partial charge in [-0.2, -0.15) is 4.98 Å². The van der Waals surface area contributed by atoms with Crippen LogP contribution in [0.3, 0.4) is 0 Å². The molecule has 2 aromatic heterocycles. The number of anilines is 1. The summed E-state index contributed by atoms with van der Waals surface area (Å²) in [5.41, 5.74) is 2.13. The largest absolute Gasteiger partial charge is 0.293 e. The molecule has 112 valence electrons. The first kappa shape index (κ1) is 14.5. The van der Waals surface area contributed by atoms with E-state index in [2.05, 4.69) is 20.5 Å². The van der Waals surface area contributed by atoms with Crippen molar-refractivity contribution in [2.45, 2.75) is 19.8 Å². The van der Waals surface area contributed by atoms with Crippen molar-refractivity contribution >= 4 is 23.2 Å². The van der Waals surface area contributed by atoms with Crippen molar-refractivity contribution in [1.29, 1.82) is 0 Å². The van der Waals surface area contributed by atoms with Crippen LogP contribution in [0.15, 0.2) is 41.8 Å². The number of aromatic amines is 1. The van der Waals surface area contributed by atoms with Gasteiger partial charge in [0.05, 0.1) is 0 Å². The first-order valence-electron chi connectivity index (χ1n) is 7.02. The normalized spacial score (nSPS) is 10.6. The molecule has 0 unspecified atom stereocenters. The molecule has 0 radical (unpaired) electrons. The Balaban J connectivity index is 1.59. The molecule has 0 aliphatic rings. The summed E-state index contributed by atoms with van der Waals surface area (Å²) in [5.74, 6) is 0.878. The second kappa shape index (κ2) is 6.53. The molecule has 0 atom stereocenters. The van der Waals surface area contributed by atoms with E-state index in [1.54, 1.807) is 11.3 Å². The molecule has 0 spiro atoms. The number of aryl methyl sites for hydroxylation is 2. The van der Waals surface area contributed by atoms with E-state index in [1.165, 1.54) is 10.4 Å². The van der Waals surface area contributed by atoms with Crippen LogP contribution in [-0.2, 0) is 11.2 Å². The lowest BCUT2D eigenvalue weighted by atomic mass is 10.1. The van der Waals surface area contributed by atoms with Gasteiger partial charge in [-0.1, -0.05) is 35.9 Å². The number of aromatic nitrogens is 3. The first-order chi connectivity index (χ1) is 10.7. The molecule has 3 rings (SSSR count). The second-order valence-electron chi connectivity index (χ2n) is 5.00. The molecule has 2 N–H and O–H groups in total. The molecule has 0 aliphatic heterocycles. The Bertz CT molecular complexity index is 747. The SMILES string of the molecule is Cc1ccc(-c2nc(NC(=O)CCc3cccs3)n[nH]2)cc1.